The number of rotatable bonds is 6. The highest BCUT2D eigenvalue weighted by Gasteiger charge is 2.11. The Bertz CT molecular complexity index is 789. The van der Waals surface area contributed by atoms with Gasteiger partial charge in [-0.05, 0) is 49.7 Å². The highest BCUT2D eigenvalue weighted by atomic mass is 15.3. The Balaban J connectivity index is 1.78. The first-order valence-electron chi connectivity index (χ1n) is 8.07. The lowest BCUT2D eigenvalue weighted by Crippen LogP contribution is -2.19. The number of hydrogen-bond acceptors (Lipinski definition) is 5. The molecule has 0 fully saturated rings. The minimum Gasteiger partial charge on any atom is -0.364 e. The van der Waals surface area contributed by atoms with E-state index in [-0.39, 0.29) is 0 Å². The van der Waals surface area contributed by atoms with Crippen LogP contribution in [0.15, 0.2) is 60.9 Å². The molecule has 0 spiro atoms. The third kappa shape index (κ3) is 3.87. The number of anilines is 3. The van der Waals surface area contributed by atoms with Gasteiger partial charge in [-0.2, -0.15) is 4.98 Å². The van der Waals surface area contributed by atoms with Crippen molar-refractivity contribution in [2.45, 2.75) is 20.4 Å². The highest BCUT2D eigenvalue weighted by molar-refractivity contribution is 5.59. The second-order valence-corrected chi connectivity index (χ2v) is 5.50. The van der Waals surface area contributed by atoms with Crippen LogP contribution in [0.2, 0.25) is 0 Å². The van der Waals surface area contributed by atoms with Crippen LogP contribution in [0, 0.1) is 6.92 Å². The van der Waals surface area contributed by atoms with E-state index in [1.54, 1.807) is 12.4 Å². The van der Waals surface area contributed by atoms with Crippen LogP contribution < -0.4 is 10.2 Å². The molecule has 0 bridgehead atoms. The maximum atomic E-state index is 4.64. The average Bonchev–Trinajstić information content (AvgIpc) is 2.62. The van der Waals surface area contributed by atoms with Crippen molar-refractivity contribution in [1.82, 2.24) is 15.0 Å². The van der Waals surface area contributed by atoms with Crippen molar-refractivity contribution < 1.29 is 0 Å². The molecule has 24 heavy (non-hydrogen) atoms. The van der Waals surface area contributed by atoms with Crippen molar-refractivity contribution in [3.05, 3.63) is 72.2 Å². The van der Waals surface area contributed by atoms with E-state index < -0.39 is 0 Å². The molecule has 0 saturated carbocycles. The monoisotopic (exact) mass is 319 g/mol. The van der Waals surface area contributed by atoms with Gasteiger partial charge in [-0.1, -0.05) is 18.2 Å². The fraction of sp³-hybridized carbons (Fsp3) is 0.211. The van der Waals surface area contributed by atoms with E-state index >= 15 is 0 Å². The fourth-order valence-corrected chi connectivity index (χ4v) is 2.50. The van der Waals surface area contributed by atoms with Gasteiger partial charge in [0.2, 0.25) is 5.95 Å². The molecule has 0 aliphatic carbocycles. The molecule has 5 heteroatoms. The van der Waals surface area contributed by atoms with Gasteiger partial charge in [0.25, 0.3) is 0 Å². The first-order valence-corrected chi connectivity index (χ1v) is 8.07. The Morgan fingerprint density at radius 2 is 1.92 bits per heavy atom. The van der Waals surface area contributed by atoms with Gasteiger partial charge in [-0.3, -0.25) is 4.98 Å². The summed E-state index contributed by atoms with van der Waals surface area (Å²) in [5.74, 6) is 1.48. The van der Waals surface area contributed by atoms with E-state index in [1.807, 2.05) is 24.3 Å². The summed E-state index contributed by atoms with van der Waals surface area (Å²) in [6, 6.07) is 16.1. The first kappa shape index (κ1) is 15.9. The van der Waals surface area contributed by atoms with Gasteiger partial charge in [0, 0.05) is 24.6 Å². The number of nitrogens with zero attached hydrogens (tertiary/aromatic N) is 4. The van der Waals surface area contributed by atoms with Crippen LogP contribution in [-0.2, 0) is 6.54 Å². The van der Waals surface area contributed by atoms with Gasteiger partial charge in [0.1, 0.15) is 5.82 Å². The van der Waals surface area contributed by atoms with E-state index in [0.717, 1.165) is 23.7 Å². The van der Waals surface area contributed by atoms with Crippen molar-refractivity contribution in [2.24, 2.45) is 0 Å². The zero-order chi connectivity index (χ0) is 16.8. The lowest BCUT2D eigenvalue weighted by atomic mass is 10.2. The number of hydrogen-bond donors (Lipinski definition) is 1. The summed E-state index contributed by atoms with van der Waals surface area (Å²) in [6.07, 6.45) is 3.57. The summed E-state index contributed by atoms with van der Waals surface area (Å²) in [6.45, 7) is 5.61. The van der Waals surface area contributed by atoms with E-state index in [1.165, 1.54) is 5.56 Å². The van der Waals surface area contributed by atoms with Gasteiger partial charge in [-0.25, -0.2) is 4.98 Å². The van der Waals surface area contributed by atoms with Gasteiger partial charge >= 0.3 is 0 Å². The maximum Gasteiger partial charge on any atom is 0.231 e. The molecule has 1 N–H and O–H groups in total. The molecule has 0 saturated heterocycles. The van der Waals surface area contributed by atoms with Crippen LogP contribution in [0.5, 0.6) is 0 Å². The molecule has 122 valence electrons. The first-order chi connectivity index (χ1) is 11.8. The van der Waals surface area contributed by atoms with Crippen molar-refractivity contribution in [3.8, 4) is 0 Å². The topological polar surface area (TPSA) is 53.9 Å². The molecule has 0 unspecified atom stereocenters. The molecule has 0 aliphatic rings. The van der Waals surface area contributed by atoms with Gasteiger partial charge in [0.05, 0.1) is 12.2 Å². The van der Waals surface area contributed by atoms with Crippen molar-refractivity contribution in [1.29, 1.82) is 0 Å². The Kier molecular flexibility index (Phi) is 5.01. The third-order valence-corrected chi connectivity index (χ3v) is 3.69. The van der Waals surface area contributed by atoms with Gasteiger partial charge < -0.3 is 10.2 Å². The van der Waals surface area contributed by atoms with Crippen LogP contribution >= 0.6 is 0 Å². The molecular weight excluding hydrogens is 298 g/mol. The quantitative estimate of drug-likeness (QED) is 0.745. The van der Waals surface area contributed by atoms with E-state index in [9.17, 15) is 0 Å². The summed E-state index contributed by atoms with van der Waals surface area (Å²) in [5, 5.41) is 3.30. The fourth-order valence-electron chi connectivity index (χ4n) is 2.50. The molecule has 3 aromatic rings. The standard InChI is InChI=1S/C19H21N5/c1-3-24(17-9-6-7-15(2)13-17)19-21-12-10-18(23-19)22-14-16-8-4-5-11-20-16/h4-13H,3,14H2,1-2H3,(H,21,22,23). The molecular formula is C19H21N5. The smallest absolute Gasteiger partial charge is 0.231 e. The second-order valence-electron chi connectivity index (χ2n) is 5.50. The molecule has 0 amide bonds. The van der Waals surface area contributed by atoms with Gasteiger partial charge in [0.15, 0.2) is 0 Å². The summed E-state index contributed by atoms with van der Waals surface area (Å²) in [5.41, 5.74) is 3.29. The molecule has 5 nitrogen and oxygen atoms in total. The molecule has 1 aromatic carbocycles. The normalized spacial score (nSPS) is 10.4. The molecule has 0 radical (unpaired) electrons. The lowest BCUT2D eigenvalue weighted by molar-refractivity contribution is 0.938. The van der Waals surface area contributed by atoms with E-state index in [4.69, 9.17) is 0 Å². The zero-order valence-corrected chi connectivity index (χ0v) is 14.0. The number of aromatic nitrogens is 3. The van der Waals surface area contributed by atoms with Crippen LogP contribution in [0.4, 0.5) is 17.5 Å². The van der Waals surface area contributed by atoms with Crippen molar-refractivity contribution >= 4 is 17.5 Å². The minimum absolute atomic E-state index is 0.633. The number of aryl methyl sites for hydroxylation is 1. The Morgan fingerprint density at radius 3 is 2.67 bits per heavy atom. The van der Waals surface area contributed by atoms with E-state index in [2.05, 4.69) is 63.3 Å². The number of nitrogens with one attached hydrogen (secondary N) is 1. The lowest BCUT2D eigenvalue weighted by Gasteiger charge is -2.21. The molecule has 0 atom stereocenters. The summed E-state index contributed by atoms with van der Waals surface area (Å²) in [7, 11) is 0. The number of benzene rings is 1. The molecule has 2 aromatic heterocycles. The van der Waals surface area contributed by atoms with Crippen LogP contribution in [-0.4, -0.2) is 21.5 Å². The second kappa shape index (κ2) is 7.55. The summed E-state index contributed by atoms with van der Waals surface area (Å²) < 4.78 is 0. The van der Waals surface area contributed by atoms with Crippen molar-refractivity contribution in [3.63, 3.8) is 0 Å². The summed E-state index contributed by atoms with van der Waals surface area (Å²) >= 11 is 0. The van der Waals surface area contributed by atoms with Crippen molar-refractivity contribution in [2.75, 3.05) is 16.8 Å². The average molecular weight is 319 g/mol. The summed E-state index contributed by atoms with van der Waals surface area (Å²) in [4.78, 5) is 15.5. The molecule has 2 heterocycles. The predicted octanol–water partition coefficient (Wildman–Crippen LogP) is 3.95. The SMILES string of the molecule is CCN(c1cccc(C)c1)c1nccc(NCc2ccccn2)n1. The Hall–Kier alpha value is -2.95. The Morgan fingerprint density at radius 1 is 1.00 bits per heavy atom. The molecule has 3 rings (SSSR count). The minimum atomic E-state index is 0.633. The predicted molar refractivity (Wildman–Crippen MR) is 97.5 cm³/mol. The van der Waals surface area contributed by atoms with Crippen LogP contribution in [0.1, 0.15) is 18.2 Å². The Labute approximate surface area is 142 Å². The largest absolute Gasteiger partial charge is 0.364 e. The third-order valence-electron chi connectivity index (χ3n) is 3.69. The van der Waals surface area contributed by atoms with Crippen LogP contribution in [0.3, 0.4) is 0 Å². The zero-order valence-electron chi connectivity index (χ0n) is 14.0. The van der Waals surface area contributed by atoms with Crippen LogP contribution in [0.25, 0.3) is 0 Å². The molecule has 0 aliphatic heterocycles. The maximum absolute atomic E-state index is 4.64. The van der Waals surface area contributed by atoms with Gasteiger partial charge in [-0.15, -0.1) is 0 Å². The van der Waals surface area contributed by atoms with E-state index in [0.29, 0.717) is 12.5 Å². The number of pyridine rings is 1. The highest BCUT2D eigenvalue weighted by Crippen LogP contribution is 2.23.